The van der Waals surface area contributed by atoms with Crippen LogP contribution in [0.25, 0.3) is 0 Å². The molecule has 0 radical (unpaired) electrons. The summed E-state index contributed by atoms with van der Waals surface area (Å²) in [7, 11) is 0. The lowest BCUT2D eigenvalue weighted by molar-refractivity contribution is -0.153. The number of amides is 2. The maximum atomic E-state index is 13.8. The van der Waals surface area contributed by atoms with E-state index in [0.717, 1.165) is 45.3 Å². The summed E-state index contributed by atoms with van der Waals surface area (Å²) >= 11 is 0. The van der Waals surface area contributed by atoms with E-state index in [1.807, 2.05) is 4.90 Å². The Balaban J connectivity index is 1.36. The Morgan fingerprint density at radius 1 is 1.06 bits per heavy atom. The topological polar surface area (TPSA) is 61.9 Å². The number of piperazine rings is 1. The fraction of sp³-hybridized carbons (Fsp3) is 0.913. The zero-order valence-corrected chi connectivity index (χ0v) is 19.1. The van der Waals surface area contributed by atoms with E-state index in [2.05, 4.69) is 19.2 Å². The van der Waals surface area contributed by atoms with Gasteiger partial charge in [-0.3, -0.25) is 9.59 Å². The van der Waals surface area contributed by atoms with Crippen molar-refractivity contribution in [1.29, 1.82) is 0 Å². The second-order valence-corrected chi connectivity index (χ2v) is 10.5. The summed E-state index contributed by atoms with van der Waals surface area (Å²) in [5.41, 5.74) is -0.404. The van der Waals surface area contributed by atoms with Gasteiger partial charge < -0.3 is 19.9 Å². The Labute approximate surface area is 188 Å². The molecule has 182 valence electrons. The molecule has 2 bridgehead atoms. The largest absolute Gasteiger partial charge is 0.389 e. The lowest BCUT2D eigenvalue weighted by atomic mass is 9.74. The van der Waals surface area contributed by atoms with Crippen LogP contribution < -0.4 is 5.32 Å². The standard InChI is InChI=1S/C23H36F3N3O3/c1-15(2)22(7-3-17(12-22)27-16-5-9-32-10-6-16)21(31)29-14-18-11-19(29)13-28(18)20(30)4-8-23(24,25)26/h15-19,27H,3-14H2,1-2H3/t17-,18+,19+,22+/m1/s1. The SMILES string of the molecule is CC(C)[C@]1(C(=O)N2C[C@@H]3C[C@H]2CN3C(=O)CCC(F)(F)F)CC[C@@H](NC2CCOCC2)C1. The highest BCUT2D eigenvalue weighted by Gasteiger charge is 2.55. The fourth-order valence-corrected chi connectivity index (χ4v) is 6.28. The van der Waals surface area contributed by atoms with Crippen LogP contribution in [0.15, 0.2) is 0 Å². The van der Waals surface area contributed by atoms with Gasteiger partial charge in [0.2, 0.25) is 11.8 Å². The average molecular weight is 460 g/mol. The molecule has 0 spiro atoms. The van der Waals surface area contributed by atoms with E-state index in [4.69, 9.17) is 4.74 Å². The number of alkyl halides is 3. The van der Waals surface area contributed by atoms with Crippen LogP contribution in [0.3, 0.4) is 0 Å². The second-order valence-electron chi connectivity index (χ2n) is 10.5. The maximum Gasteiger partial charge on any atom is 0.389 e. The van der Waals surface area contributed by atoms with E-state index in [1.165, 1.54) is 0 Å². The molecule has 0 aromatic rings. The number of fused-ring (bicyclic) bond motifs is 2. The first-order chi connectivity index (χ1) is 15.1. The molecule has 3 saturated heterocycles. The normalized spacial score (nSPS) is 33.5. The van der Waals surface area contributed by atoms with Crippen molar-refractivity contribution in [3.63, 3.8) is 0 Å². The van der Waals surface area contributed by atoms with Gasteiger partial charge in [-0.05, 0) is 44.4 Å². The Kier molecular flexibility index (Phi) is 6.78. The first kappa shape index (κ1) is 23.8. The number of nitrogens with one attached hydrogen (secondary N) is 1. The predicted octanol–water partition coefficient (Wildman–Crippen LogP) is 3.10. The summed E-state index contributed by atoms with van der Waals surface area (Å²) in [6.45, 7) is 6.63. The third-order valence-electron chi connectivity index (χ3n) is 8.22. The van der Waals surface area contributed by atoms with E-state index >= 15 is 0 Å². The number of nitrogens with zero attached hydrogens (tertiary/aromatic N) is 2. The summed E-state index contributed by atoms with van der Waals surface area (Å²) in [4.78, 5) is 29.6. The van der Waals surface area contributed by atoms with Gasteiger partial charge >= 0.3 is 6.18 Å². The van der Waals surface area contributed by atoms with Gasteiger partial charge in [-0.25, -0.2) is 0 Å². The molecule has 1 N–H and O–H groups in total. The number of ether oxygens (including phenoxy) is 1. The fourth-order valence-electron chi connectivity index (χ4n) is 6.28. The zero-order chi connectivity index (χ0) is 23.1. The van der Waals surface area contributed by atoms with Crippen LogP contribution in [0.2, 0.25) is 0 Å². The Hall–Kier alpha value is -1.35. The molecule has 0 aromatic heterocycles. The smallest absolute Gasteiger partial charge is 0.381 e. The molecule has 4 aliphatic rings. The molecule has 1 saturated carbocycles. The molecule has 9 heteroatoms. The molecule has 1 aliphatic carbocycles. The van der Waals surface area contributed by atoms with Gasteiger partial charge in [-0.2, -0.15) is 13.2 Å². The molecule has 0 aromatic carbocycles. The van der Waals surface area contributed by atoms with Gasteiger partial charge in [0, 0.05) is 44.8 Å². The van der Waals surface area contributed by atoms with Crippen LogP contribution in [0.1, 0.15) is 65.2 Å². The Morgan fingerprint density at radius 2 is 1.72 bits per heavy atom. The van der Waals surface area contributed by atoms with Crippen LogP contribution >= 0.6 is 0 Å². The number of carbonyl (C=O) groups excluding carboxylic acids is 2. The summed E-state index contributed by atoms with van der Waals surface area (Å²) in [5.74, 6) is -0.0547. The van der Waals surface area contributed by atoms with Gasteiger partial charge in [0.25, 0.3) is 0 Å². The van der Waals surface area contributed by atoms with Gasteiger partial charge in [0.15, 0.2) is 0 Å². The minimum atomic E-state index is -4.32. The molecule has 4 rings (SSSR count). The second kappa shape index (κ2) is 9.12. The third-order valence-corrected chi connectivity index (χ3v) is 8.22. The number of rotatable bonds is 6. The molecule has 3 heterocycles. The minimum absolute atomic E-state index is 0.0690. The van der Waals surface area contributed by atoms with Crippen molar-refractivity contribution < 1.29 is 27.5 Å². The summed E-state index contributed by atoms with van der Waals surface area (Å²) in [6, 6.07) is 0.558. The molecule has 3 aliphatic heterocycles. The van der Waals surface area contributed by atoms with Gasteiger partial charge in [-0.15, -0.1) is 0 Å². The van der Waals surface area contributed by atoms with Crippen molar-refractivity contribution in [2.75, 3.05) is 26.3 Å². The Bertz CT molecular complexity index is 710. The third kappa shape index (κ3) is 4.79. The maximum absolute atomic E-state index is 13.8. The lowest BCUT2D eigenvalue weighted by Crippen LogP contribution is -2.55. The number of halogens is 3. The highest BCUT2D eigenvalue weighted by Crippen LogP contribution is 2.48. The van der Waals surface area contributed by atoms with Crippen molar-refractivity contribution in [3.05, 3.63) is 0 Å². The predicted molar refractivity (Wildman–Crippen MR) is 113 cm³/mol. The quantitative estimate of drug-likeness (QED) is 0.663. The van der Waals surface area contributed by atoms with E-state index in [9.17, 15) is 22.8 Å². The summed E-state index contributed by atoms with van der Waals surface area (Å²) < 4.78 is 42.9. The van der Waals surface area contributed by atoms with E-state index in [-0.39, 0.29) is 23.9 Å². The minimum Gasteiger partial charge on any atom is -0.381 e. The summed E-state index contributed by atoms with van der Waals surface area (Å²) in [6.07, 6.45) is -0.559. The van der Waals surface area contributed by atoms with Gasteiger partial charge in [0.1, 0.15) is 0 Å². The van der Waals surface area contributed by atoms with Gasteiger partial charge in [-0.1, -0.05) is 13.8 Å². The Morgan fingerprint density at radius 3 is 2.31 bits per heavy atom. The van der Waals surface area contributed by atoms with Crippen molar-refractivity contribution in [1.82, 2.24) is 15.1 Å². The first-order valence-electron chi connectivity index (χ1n) is 12.1. The van der Waals surface area contributed by atoms with Crippen LogP contribution in [0.4, 0.5) is 13.2 Å². The van der Waals surface area contributed by atoms with Gasteiger partial charge in [0.05, 0.1) is 23.9 Å². The van der Waals surface area contributed by atoms with Crippen molar-refractivity contribution >= 4 is 11.8 Å². The van der Waals surface area contributed by atoms with Crippen LogP contribution in [-0.4, -0.2) is 78.3 Å². The van der Waals surface area contributed by atoms with Crippen molar-refractivity contribution in [3.8, 4) is 0 Å². The number of hydrogen-bond acceptors (Lipinski definition) is 4. The highest BCUT2D eigenvalue weighted by atomic mass is 19.4. The van der Waals surface area contributed by atoms with Crippen LogP contribution in [0.5, 0.6) is 0 Å². The molecule has 2 amide bonds. The van der Waals surface area contributed by atoms with Crippen LogP contribution in [-0.2, 0) is 14.3 Å². The molecule has 4 fully saturated rings. The highest BCUT2D eigenvalue weighted by molar-refractivity contribution is 5.85. The molecule has 0 unspecified atom stereocenters. The van der Waals surface area contributed by atoms with E-state index in [1.54, 1.807) is 4.90 Å². The van der Waals surface area contributed by atoms with Crippen molar-refractivity contribution in [2.24, 2.45) is 11.3 Å². The van der Waals surface area contributed by atoms with Crippen LogP contribution in [0, 0.1) is 11.3 Å². The van der Waals surface area contributed by atoms with Crippen molar-refractivity contribution in [2.45, 2.75) is 95.6 Å². The average Bonchev–Trinajstić information content (AvgIpc) is 3.46. The molecular weight excluding hydrogens is 423 g/mol. The molecular formula is C23H36F3N3O3. The molecule has 6 nitrogen and oxygen atoms in total. The number of carbonyl (C=O) groups is 2. The first-order valence-corrected chi connectivity index (χ1v) is 12.1. The molecule has 4 atom stereocenters. The summed E-state index contributed by atoms with van der Waals surface area (Å²) in [5, 5.41) is 3.76. The van der Waals surface area contributed by atoms with E-state index < -0.39 is 30.3 Å². The lowest BCUT2D eigenvalue weighted by Gasteiger charge is -2.41. The monoisotopic (exact) mass is 459 g/mol. The zero-order valence-electron chi connectivity index (χ0n) is 19.1. The number of hydrogen-bond donors (Lipinski definition) is 1. The van der Waals surface area contributed by atoms with E-state index in [0.29, 0.717) is 31.6 Å². The number of likely N-dealkylation sites (tertiary alicyclic amines) is 2. The molecule has 32 heavy (non-hydrogen) atoms.